The van der Waals surface area contributed by atoms with Crippen molar-refractivity contribution < 1.29 is 13.6 Å². The van der Waals surface area contributed by atoms with Crippen molar-refractivity contribution in [3.8, 4) is 11.5 Å². The molecule has 1 amide bonds. The molecule has 0 atom stereocenters. The molecule has 134 valence electrons. The third kappa shape index (κ3) is 4.78. The van der Waals surface area contributed by atoms with E-state index in [1.54, 1.807) is 0 Å². The predicted molar refractivity (Wildman–Crippen MR) is 90.4 cm³/mol. The van der Waals surface area contributed by atoms with Crippen LogP contribution in [0.3, 0.4) is 0 Å². The summed E-state index contributed by atoms with van der Waals surface area (Å²) in [7, 11) is 0. The first-order valence-electron chi connectivity index (χ1n) is 8.75. The highest BCUT2D eigenvalue weighted by Crippen LogP contribution is 2.17. The lowest BCUT2D eigenvalue weighted by atomic mass is 9.97. The van der Waals surface area contributed by atoms with E-state index < -0.39 is 5.76 Å². The van der Waals surface area contributed by atoms with Gasteiger partial charge in [0.1, 0.15) is 12.4 Å². The van der Waals surface area contributed by atoms with Gasteiger partial charge in [0.25, 0.3) is 0 Å². The van der Waals surface area contributed by atoms with Gasteiger partial charge >= 0.3 is 5.76 Å². The molecule has 0 aliphatic heterocycles. The number of carbonyl (C=O) groups excluding carboxylic acids is 1. The summed E-state index contributed by atoms with van der Waals surface area (Å²) in [6.07, 6.45) is 7.85. The Bertz CT molecular complexity index is 759. The SMILES string of the molecule is O=C(Cn1nc(-c2ccc(F)cc2)oc1=O)NC1CCCCCCC1. The summed E-state index contributed by atoms with van der Waals surface area (Å²) in [4.78, 5) is 24.1. The van der Waals surface area contributed by atoms with Crippen molar-refractivity contribution in [2.24, 2.45) is 0 Å². The monoisotopic (exact) mass is 347 g/mol. The van der Waals surface area contributed by atoms with E-state index in [0.717, 1.165) is 30.4 Å². The second-order valence-electron chi connectivity index (χ2n) is 6.45. The summed E-state index contributed by atoms with van der Waals surface area (Å²) in [5.74, 6) is -1.26. The van der Waals surface area contributed by atoms with Crippen LogP contribution in [-0.2, 0) is 11.3 Å². The molecule has 1 fully saturated rings. The Morgan fingerprint density at radius 1 is 1.16 bits per heavy atom. The van der Waals surface area contributed by atoms with Crippen LogP contribution in [0.1, 0.15) is 44.9 Å². The first-order valence-corrected chi connectivity index (χ1v) is 8.75. The molecule has 0 spiro atoms. The lowest BCUT2D eigenvalue weighted by molar-refractivity contribution is -0.122. The fourth-order valence-corrected chi connectivity index (χ4v) is 3.13. The van der Waals surface area contributed by atoms with Gasteiger partial charge in [0, 0.05) is 11.6 Å². The zero-order chi connectivity index (χ0) is 17.6. The van der Waals surface area contributed by atoms with E-state index in [9.17, 15) is 14.0 Å². The molecule has 6 nitrogen and oxygen atoms in total. The van der Waals surface area contributed by atoms with Crippen LogP contribution in [0.25, 0.3) is 11.5 Å². The second-order valence-corrected chi connectivity index (χ2v) is 6.45. The number of benzene rings is 1. The van der Waals surface area contributed by atoms with E-state index in [2.05, 4.69) is 10.4 Å². The summed E-state index contributed by atoms with van der Waals surface area (Å²) in [5, 5.41) is 7.02. The number of nitrogens with zero attached hydrogens (tertiary/aromatic N) is 2. The van der Waals surface area contributed by atoms with Crippen molar-refractivity contribution in [2.75, 3.05) is 0 Å². The Morgan fingerprint density at radius 3 is 2.48 bits per heavy atom. The van der Waals surface area contributed by atoms with Gasteiger partial charge in [-0.2, -0.15) is 4.68 Å². The van der Waals surface area contributed by atoms with Crippen molar-refractivity contribution in [1.82, 2.24) is 15.1 Å². The molecule has 1 N–H and O–H groups in total. The Kier molecular flexibility index (Phi) is 5.63. The predicted octanol–water partition coefficient (Wildman–Crippen LogP) is 2.87. The molecule has 1 heterocycles. The van der Waals surface area contributed by atoms with Crippen molar-refractivity contribution >= 4 is 5.91 Å². The van der Waals surface area contributed by atoms with E-state index in [-0.39, 0.29) is 30.2 Å². The van der Waals surface area contributed by atoms with Crippen LogP contribution < -0.4 is 11.1 Å². The zero-order valence-corrected chi connectivity index (χ0v) is 14.0. The summed E-state index contributed by atoms with van der Waals surface area (Å²) >= 11 is 0. The van der Waals surface area contributed by atoms with Crippen LogP contribution in [0.4, 0.5) is 4.39 Å². The number of carbonyl (C=O) groups is 1. The van der Waals surface area contributed by atoms with Crippen LogP contribution >= 0.6 is 0 Å². The average molecular weight is 347 g/mol. The molecule has 1 saturated carbocycles. The minimum atomic E-state index is -0.702. The van der Waals surface area contributed by atoms with Crippen molar-refractivity contribution in [1.29, 1.82) is 0 Å². The molecule has 7 heteroatoms. The zero-order valence-electron chi connectivity index (χ0n) is 14.0. The quantitative estimate of drug-likeness (QED) is 0.922. The van der Waals surface area contributed by atoms with Crippen LogP contribution in [0, 0.1) is 5.82 Å². The summed E-state index contributed by atoms with van der Waals surface area (Å²) in [6.45, 7) is -0.181. The lowest BCUT2D eigenvalue weighted by Gasteiger charge is -2.20. The van der Waals surface area contributed by atoms with Gasteiger partial charge in [-0.25, -0.2) is 9.18 Å². The van der Waals surface area contributed by atoms with Gasteiger partial charge in [0.05, 0.1) is 0 Å². The van der Waals surface area contributed by atoms with E-state index in [0.29, 0.717) is 5.56 Å². The molecule has 0 unspecified atom stereocenters. The highest BCUT2D eigenvalue weighted by Gasteiger charge is 2.17. The summed E-state index contributed by atoms with van der Waals surface area (Å²) in [6, 6.07) is 5.62. The van der Waals surface area contributed by atoms with Crippen LogP contribution in [-0.4, -0.2) is 21.7 Å². The van der Waals surface area contributed by atoms with Gasteiger partial charge in [-0.1, -0.05) is 32.1 Å². The molecule has 25 heavy (non-hydrogen) atoms. The maximum atomic E-state index is 13.0. The van der Waals surface area contributed by atoms with Crippen LogP contribution in [0.5, 0.6) is 0 Å². The molecular formula is C18H22FN3O3. The number of nitrogens with one attached hydrogen (secondary N) is 1. The molecule has 1 aromatic heterocycles. The van der Waals surface area contributed by atoms with E-state index in [1.165, 1.54) is 43.5 Å². The van der Waals surface area contributed by atoms with Gasteiger partial charge in [-0.05, 0) is 37.1 Å². The highest BCUT2D eigenvalue weighted by atomic mass is 19.1. The Balaban J connectivity index is 1.63. The molecule has 0 radical (unpaired) electrons. The molecule has 1 aromatic carbocycles. The smallest absolute Gasteiger partial charge is 0.388 e. The van der Waals surface area contributed by atoms with Crippen LogP contribution in [0.15, 0.2) is 33.5 Å². The average Bonchev–Trinajstić information content (AvgIpc) is 2.91. The molecule has 2 aromatic rings. The van der Waals surface area contributed by atoms with Gasteiger partial charge < -0.3 is 9.73 Å². The topological polar surface area (TPSA) is 77.1 Å². The van der Waals surface area contributed by atoms with Crippen molar-refractivity contribution in [3.05, 3.63) is 40.6 Å². The van der Waals surface area contributed by atoms with Crippen molar-refractivity contribution in [2.45, 2.75) is 57.5 Å². The van der Waals surface area contributed by atoms with Gasteiger partial charge in [0.15, 0.2) is 0 Å². The number of amides is 1. The van der Waals surface area contributed by atoms with Gasteiger partial charge in [-0.3, -0.25) is 4.79 Å². The van der Waals surface area contributed by atoms with Crippen LogP contribution in [0.2, 0.25) is 0 Å². The first kappa shape index (κ1) is 17.4. The standard InChI is InChI=1S/C18H22FN3O3/c19-14-10-8-13(9-11-14)17-21-22(18(24)25-17)12-16(23)20-15-6-4-2-1-3-5-7-15/h8-11,15H,1-7,12H2,(H,20,23). The number of hydrogen-bond acceptors (Lipinski definition) is 4. The second kappa shape index (κ2) is 8.09. The molecule has 0 bridgehead atoms. The Morgan fingerprint density at radius 2 is 1.80 bits per heavy atom. The fourth-order valence-electron chi connectivity index (χ4n) is 3.13. The lowest BCUT2D eigenvalue weighted by Crippen LogP contribution is -2.39. The number of rotatable bonds is 4. The Hall–Kier alpha value is -2.44. The molecule has 1 aliphatic rings. The maximum Gasteiger partial charge on any atom is 0.437 e. The normalized spacial score (nSPS) is 16.2. The number of hydrogen-bond donors (Lipinski definition) is 1. The largest absolute Gasteiger partial charge is 0.437 e. The third-order valence-electron chi connectivity index (χ3n) is 4.46. The number of halogens is 1. The van der Waals surface area contributed by atoms with E-state index in [1.807, 2.05) is 0 Å². The minimum Gasteiger partial charge on any atom is -0.388 e. The van der Waals surface area contributed by atoms with Gasteiger partial charge in [-0.15, -0.1) is 5.10 Å². The molecule has 3 rings (SSSR count). The number of aromatic nitrogens is 2. The van der Waals surface area contributed by atoms with Gasteiger partial charge in [0.2, 0.25) is 11.8 Å². The van der Waals surface area contributed by atoms with E-state index >= 15 is 0 Å². The molecular weight excluding hydrogens is 325 g/mol. The molecule has 0 saturated heterocycles. The highest BCUT2D eigenvalue weighted by molar-refractivity contribution is 5.75. The minimum absolute atomic E-state index is 0.0729. The maximum absolute atomic E-state index is 13.0. The van der Waals surface area contributed by atoms with E-state index in [4.69, 9.17) is 4.42 Å². The third-order valence-corrected chi connectivity index (χ3v) is 4.46. The van der Waals surface area contributed by atoms with Crippen molar-refractivity contribution in [3.63, 3.8) is 0 Å². The summed E-state index contributed by atoms with van der Waals surface area (Å²) < 4.78 is 19.0. The fraction of sp³-hybridized carbons (Fsp3) is 0.500. The molecule has 1 aliphatic carbocycles. The first-order chi connectivity index (χ1) is 12.1. The summed E-state index contributed by atoms with van der Waals surface area (Å²) in [5.41, 5.74) is 0.484. The Labute approximate surface area is 145 Å².